The molecule has 4 rings (SSSR count). The van der Waals surface area contributed by atoms with E-state index >= 15 is 0 Å². The van der Waals surface area contributed by atoms with Gasteiger partial charge in [0, 0.05) is 36.8 Å². The number of hydrogen-bond acceptors (Lipinski definition) is 8. The minimum Gasteiger partial charge on any atom is -0.493 e. The van der Waals surface area contributed by atoms with E-state index in [1.54, 1.807) is 19.2 Å². The number of nitrogens with one attached hydrogen (secondary N) is 1. The number of morpholine rings is 1. The molecule has 0 radical (unpaired) electrons. The smallest absolute Gasteiger partial charge is 0.311 e. The lowest BCUT2D eigenvalue weighted by Crippen LogP contribution is -2.38. The van der Waals surface area contributed by atoms with Gasteiger partial charge >= 0.3 is 5.69 Å². The molecule has 3 aromatic rings. The molecule has 0 saturated carbocycles. The number of ether oxygens (including phenoxy) is 3. The maximum atomic E-state index is 11.6. The molecule has 0 spiro atoms. The summed E-state index contributed by atoms with van der Waals surface area (Å²) in [5, 5.41) is 15.4. The van der Waals surface area contributed by atoms with Crippen LogP contribution in [0.25, 0.3) is 10.9 Å². The number of methoxy groups -OCH3 is 1. The molecule has 0 bridgehead atoms. The zero-order valence-corrected chi connectivity index (χ0v) is 17.2. The van der Waals surface area contributed by atoms with E-state index in [1.165, 1.54) is 6.20 Å². The van der Waals surface area contributed by atoms with Crippen LogP contribution in [-0.4, -0.2) is 61.4 Å². The first kappa shape index (κ1) is 20.8. The quantitative estimate of drug-likeness (QED) is 0.433. The number of nitrogens with zero attached hydrogens (tertiary/aromatic N) is 3. The van der Waals surface area contributed by atoms with Crippen molar-refractivity contribution in [2.24, 2.45) is 0 Å². The lowest BCUT2D eigenvalue weighted by molar-refractivity contribution is -0.384. The van der Waals surface area contributed by atoms with E-state index in [-0.39, 0.29) is 5.69 Å². The van der Waals surface area contributed by atoms with Gasteiger partial charge in [-0.2, -0.15) is 0 Å². The molecule has 0 unspecified atom stereocenters. The topological polar surface area (TPSA) is 99.0 Å². The van der Waals surface area contributed by atoms with Crippen LogP contribution in [0.1, 0.15) is 0 Å². The van der Waals surface area contributed by atoms with Crippen LogP contribution in [0.4, 0.5) is 17.1 Å². The van der Waals surface area contributed by atoms with E-state index in [2.05, 4.69) is 15.2 Å². The van der Waals surface area contributed by atoms with Crippen molar-refractivity contribution < 1.29 is 19.1 Å². The number of fused-ring (bicyclic) bond motifs is 1. The van der Waals surface area contributed by atoms with E-state index in [9.17, 15) is 10.1 Å². The summed E-state index contributed by atoms with van der Waals surface area (Å²) in [6.07, 6.45) is 1.26. The summed E-state index contributed by atoms with van der Waals surface area (Å²) >= 11 is 0. The molecule has 1 aliphatic rings. The molecule has 1 fully saturated rings. The Bertz CT molecular complexity index is 1050. The summed E-state index contributed by atoms with van der Waals surface area (Å²) < 4.78 is 16.9. The third kappa shape index (κ3) is 4.84. The Morgan fingerprint density at radius 3 is 2.68 bits per heavy atom. The highest BCUT2D eigenvalue weighted by Crippen LogP contribution is 2.39. The van der Waals surface area contributed by atoms with Gasteiger partial charge in [0.15, 0.2) is 11.5 Å². The summed E-state index contributed by atoms with van der Waals surface area (Å²) in [6.45, 7) is 4.51. The van der Waals surface area contributed by atoms with Gasteiger partial charge < -0.3 is 19.5 Å². The minimum absolute atomic E-state index is 0.112. The number of hydrogen-bond donors (Lipinski definition) is 1. The number of nitro groups is 1. The van der Waals surface area contributed by atoms with Crippen LogP contribution in [0.3, 0.4) is 0 Å². The molecule has 162 valence electrons. The van der Waals surface area contributed by atoms with Crippen LogP contribution in [0.15, 0.2) is 48.7 Å². The zero-order chi connectivity index (χ0) is 21.6. The second kappa shape index (κ2) is 9.59. The van der Waals surface area contributed by atoms with Crippen molar-refractivity contribution in [1.29, 1.82) is 0 Å². The van der Waals surface area contributed by atoms with Crippen molar-refractivity contribution in [3.8, 4) is 11.5 Å². The van der Waals surface area contributed by atoms with E-state index in [0.29, 0.717) is 34.7 Å². The Balaban J connectivity index is 1.64. The third-order valence-electron chi connectivity index (χ3n) is 5.14. The Labute approximate surface area is 179 Å². The van der Waals surface area contributed by atoms with Crippen molar-refractivity contribution in [3.63, 3.8) is 0 Å². The second-order valence-corrected chi connectivity index (χ2v) is 7.09. The lowest BCUT2D eigenvalue weighted by Gasteiger charge is -2.26. The summed E-state index contributed by atoms with van der Waals surface area (Å²) in [4.78, 5) is 17.8. The average molecular weight is 424 g/mol. The molecule has 1 aliphatic heterocycles. The third-order valence-corrected chi connectivity index (χ3v) is 5.14. The molecule has 0 aliphatic carbocycles. The fraction of sp³-hybridized carbons (Fsp3) is 0.318. The Kier molecular flexibility index (Phi) is 6.44. The molecular weight excluding hydrogens is 400 g/mol. The van der Waals surface area contributed by atoms with Gasteiger partial charge in [-0.15, -0.1) is 0 Å². The number of para-hydroxylation sites is 1. The van der Waals surface area contributed by atoms with E-state index in [4.69, 9.17) is 14.2 Å². The lowest BCUT2D eigenvalue weighted by atomic mass is 10.1. The fourth-order valence-electron chi connectivity index (χ4n) is 3.51. The molecule has 1 aromatic heterocycles. The normalized spacial score (nSPS) is 14.4. The maximum absolute atomic E-state index is 11.6. The van der Waals surface area contributed by atoms with Gasteiger partial charge in [0.2, 0.25) is 0 Å². The first-order valence-electron chi connectivity index (χ1n) is 10.1. The molecule has 9 heteroatoms. The Morgan fingerprint density at radius 1 is 1.19 bits per heavy atom. The van der Waals surface area contributed by atoms with Crippen molar-refractivity contribution in [2.45, 2.75) is 0 Å². The zero-order valence-electron chi connectivity index (χ0n) is 17.2. The molecule has 0 atom stereocenters. The molecule has 31 heavy (non-hydrogen) atoms. The van der Waals surface area contributed by atoms with Gasteiger partial charge in [-0.3, -0.25) is 15.0 Å². The van der Waals surface area contributed by atoms with Crippen molar-refractivity contribution >= 4 is 28.0 Å². The monoisotopic (exact) mass is 424 g/mol. The highest BCUT2D eigenvalue weighted by atomic mass is 16.6. The van der Waals surface area contributed by atoms with E-state index in [0.717, 1.165) is 38.5 Å². The number of benzene rings is 2. The van der Waals surface area contributed by atoms with Crippen LogP contribution in [0.2, 0.25) is 0 Å². The molecule has 0 amide bonds. The predicted octanol–water partition coefficient (Wildman–Crippen LogP) is 3.61. The van der Waals surface area contributed by atoms with E-state index in [1.807, 2.05) is 30.3 Å². The van der Waals surface area contributed by atoms with Gasteiger partial charge in [-0.1, -0.05) is 18.2 Å². The van der Waals surface area contributed by atoms with Gasteiger partial charge in [0.1, 0.15) is 18.5 Å². The molecular formula is C22H24N4O5. The number of aromatic nitrogens is 1. The summed E-state index contributed by atoms with van der Waals surface area (Å²) in [6, 6.07) is 12.8. The van der Waals surface area contributed by atoms with Crippen LogP contribution >= 0.6 is 0 Å². The largest absolute Gasteiger partial charge is 0.493 e. The van der Waals surface area contributed by atoms with E-state index < -0.39 is 4.92 Å². The Hall–Kier alpha value is -3.43. The molecule has 1 N–H and O–H groups in total. The van der Waals surface area contributed by atoms with Gasteiger partial charge in [-0.05, 0) is 18.2 Å². The first-order valence-corrected chi connectivity index (χ1v) is 10.1. The summed E-state index contributed by atoms with van der Waals surface area (Å²) in [5.41, 5.74) is 1.56. The van der Waals surface area contributed by atoms with Crippen molar-refractivity contribution in [1.82, 2.24) is 9.88 Å². The molecule has 1 saturated heterocycles. The highest BCUT2D eigenvalue weighted by molar-refractivity contribution is 5.99. The van der Waals surface area contributed by atoms with Gasteiger partial charge in [-0.25, -0.2) is 4.98 Å². The highest BCUT2D eigenvalue weighted by Gasteiger charge is 2.21. The fourth-order valence-corrected chi connectivity index (χ4v) is 3.51. The first-order chi connectivity index (χ1) is 15.2. The minimum atomic E-state index is -0.447. The van der Waals surface area contributed by atoms with Gasteiger partial charge in [0.25, 0.3) is 0 Å². The molecule has 9 nitrogen and oxygen atoms in total. The number of anilines is 2. The van der Waals surface area contributed by atoms with Crippen LogP contribution < -0.4 is 14.8 Å². The Morgan fingerprint density at radius 2 is 1.97 bits per heavy atom. The predicted molar refractivity (Wildman–Crippen MR) is 117 cm³/mol. The van der Waals surface area contributed by atoms with Crippen LogP contribution in [0, 0.1) is 10.1 Å². The SMILES string of the molecule is COc1cc2c(Nc3ccccc3)c([N+](=O)[O-])cnc2cc1OCCN1CCOCC1. The molecule has 2 aromatic carbocycles. The number of pyridine rings is 1. The standard InChI is InChI=1S/C22H24N4O5/c1-29-20-13-17-18(14-21(20)31-12-9-25-7-10-30-11-8-25)23-15-19(26(27)28)22(17)24-16-5-3-2-4-6-16/h2-6,13-15H,7-12H2,1H3,(H,23,24). The van der Waals surface area contributed by atoms with Gasteiger partial charge in [0.05, 0.1) is 30.8 Å². The van der Waals surface area contributed by atoms with Crippen molar-refractivity contribution in [3.05, 3.63) is 58.8 Å². The van der Waals surface area contributed by atoms with Crippen LogP contribution in [0.5, 0.6) is 11.5 Å². The summed E-state index contributed by atoms with van der Waals surface area (Å²) in [5.74, 6) is 1.04. The average Bonchev–Trinajstić information content (AvgIpc) is 2.80. The number of rotatable bonds is 8. The van der Waals surface area contributed by atoms with Crippen LogP contribution in [-0.2, 0) is 4.74 Å². The second-order valence-electron chi connectivity index (χ2n) is 7.09. The molecule has 2 heterocycles. The summed E-state index contributed by atoms with van der Waals surface area (Å²) in [7, 11) is 1.55. The van der Waals surface area contributed by atoms with Crippen molar-refractivity contribution in [2.75, 3.05) is 51.9 Å². The maximum Gasteiger partial charge on any atom is 0.311 e.